The largest absolute Gasteiger partial charge is 0.480 e. The molecule has 0 bridgehead atoms. The second kappa shape index (κ2) is 13.4. The van der Waals surface area contributed by atoms with Crippen LogP contribution in [-0.2, 0) is 31.0 Å². The summed E-state index contributed by atoms with van der Waals surface area (Å²) in [5.41, 5.74) is 3.41. The Morgan fingerprint density at radius 1 is 0.818 bits per heavy atom. The lowest BCUT2D eigenvalue weighted by Gasteiger charge is -2.15. The summed E-state index contributed by atoms with van der Waals surface area (Å²) in [6.07, 6.45) is -0.556. The Morgan fingerprint density at radius 3 is 2.11 bits per heavy atom. The molecule has 44 heavy (non-hydrogen) atoms. The number of esters is 1. The molecule has 1 atom stereocenters. The molecule has 0 radical (unpaired) electrons. The van der Waals surface area contributed by atoms with Crippen molar-refractivity contribution < 1.29 is 37.1 Å². The molecule has 0 aliphatic heterocycles. The minimum Gasteiger partial charge on any atom is -0.480 e. The molecule has 4 aromatic carbocycles. The van der Waals surface area contributed by atoms with Crippen molar-refractivity contribution in [1.82, 2.24) is 4.72 Å². The summed E-state index contributed by atoms with van der Waals surface area (Å²) < 4.78 is 38.8. The third-order valence-corrected chi connectivity index (χ3v) is 8.25. The molecule has 5 aromatic rings. The Kier molecular flexibility index (Phi) is 9.17. The van der Waals surface area contributed by atoms with Crippen LogP contribution in [0.15, 0.2) is 119 Å². The first-order chi connectivity index (χ1) is 21.2. The summed E-state index contributed by atoms with van der Waals surface area (Å²) in [6, 6.07) is 29.3. The fourth-order valence-corrected chi connectivity index (χ4v) is 5.64. The number of amides is 1. The average Bonchev–Trinajstić information content (AvgIpc) is 3.48. The fourth-order valence-electron chi connectivity index (χ4n) is 4.42. The highest BCUT2D eigenvalue weighted by molar-refractivity contribution is 7.89. The maximum absolute atomic E-state index is 12.9. The van der Waals surface area contributed by atoms with E-state index in [1.54, 1.807) is 72.8 Å². The quantitative estimate of drug-likeness (QED) is 0.154. The average molecular weight is 613 g/mol. The molecule has 0 spiro atoms. The van der Waals surface area contributed by atoms with E-state index in [-0.39, 0.29) is 36.0 Å². The molecule has 1 aromatic heterocycles. The third kappa shape index (κ3) is 7.57. The van der Waals surface area contributed by atoms with Gasteiger partial charge in [-0.05, 0) is 59.5 Å². The summed E-state index contributed by atoms with van der Waals surface area (Å²) >= 11 is 0. The van der Waals surface area contributed by atoms with E-state index >= 15 is 0 Å². The van der Waals surface area contributed by atoms with Crippen LogP contribution in [-0.4, -0.2) is 37.4 Å². The highest BCUT2D eigenvalue weighted by atomic mass is 32.2. The number of hydrogen-bond donors (Lipinski definition) is 3. The van der Waals surface area contributed by atoms with Crippen molar-refractivity contribution in [3.63, 3.8) is 0 Å². The zero-order chi connectivity index (χ0) is 31.1. The summed E-state index contributed by atoms with van der Waals surface area (Å²) in [6.45, 7) is 0.0370. The monoisotopic (exact) mass is 612 g/mol. The smallest absolute Gasteiger partial charge is 0.321 e. The number of furan rings is 1. The maximum atomic E-state index is 12.9. The molecule has 11 heteroatoms. The van der Waals surface area contributed by atoms with E-state index in [2.05, 4.69) is 10.0 Å². The Labute approximate surface area is 253 Å². The predicted molar refractivity (Wildman–Crippen MR) is 163 cm³/mol. The fraction of sp³-hybridized carbons (Fsp3) is 0.121. The van der Waals surface area contributed by atoms with Gasteiger partial charge in [-0.25, -0.2) is 8.42 Å². The van der Waals surface area contributed by atoms with Gasteiger partial charge in [0.1, 0.15) is 18.2 Å². The van der Waals surface area contributed by atoms with Crippen LogP contribution in [0.25, 0.3) is 22.1 Å². The van der Waals surface area contributed by atoms with E-state index in [4.69, 9.17) is 9.15 Å². The van der Waals surface area contributed by atoms with Crippen LogP contribution in [0.1, 0.15) is 29.0 Å². The predicted octanol–water partition coefficient (Wildman–Crippen LogP) is 5.61. The topological polar surface area (TPSA) is 152 Å². The van der Waals surface area contributed by atoms with Crippen LogP contribution in [0.2, 0.25) is 0 Å². The van der Waals surface area contributed by atoms with Crippen molar-refractivity contribution in [3.05, 3.63) is 121 Å². The molecule has 5 rings (SSSR count). The van der Waals surface area contributed by atoms with Gasteiger partial charge in [0.15, 0.2) is 5.76 Å². The first-order valence-corrected chi connectivity index (χ1v) is 15.1. The van der Waals surface area contributed by atoms with Gasteiger partial charge in [-0.1, -0.05) is 72.8 Å². The number of carboxylic acid groups (broad SMARTS) is 1. The van der Waals surface area contributed by atoms with Gasteiger partial charge in [-0.3, -0.25) is 14.4 Å². The van der Waals surface area contributed by atoms with Crippen LogP contribution >= 0.6 is 0 Å². The Morgan fingerprint density at radius 2 is 1.45 bits per heavy atom. The molecule has 224 valence electrons. The number of carbonyl (C=O) groups is 3. The second-order valence-corrected chi connectivity index (χ2v) is 11.6. The number of ether oxygens (including phenoxy) is 1. The van der Waals surface area contributed by atoms with E-state index in [9.17, 15) is 27.9 Å². The maximum Gasteiger partial charge on any atom is 0.321 e. The van der Waals surface area contributed by atoms with Crippen LogP contribution in [0.4, 0.5) is 5.69 Å². The van der Waals surface area contributed by atoms with Gasteiger partial charge < -0.3 is 19.6 Å². The number of sulfonamides is 1. The summed E-state index contributed by atoms with van der Waals surface area (Å²) in [5.74, 6) is -2.24. The number of nitrogens with one attached hydrogen (secondary N) is 2. The zero-order valence-corrected chi connectivity index (χ0v) is 24.1. The molecule has 0 aliphatic carbocycles. The standard InChI is InChI=1S/C33H28N2O8S/c36-31(42-21-22-6-2-1-3-7-22)19-18-28(33(38)39)35-44(40,41)27-16-12-24(13-17-27)23-10-14-26(15-11-23)34-32(37)30-20-25-8-4-5-9-29(25)43-30/h1-17,20,28,35H,18-19,21H2,(H,34,37)(H,38,39)/t28-/m1/s1. The van der Waals surface area contributed by atoms with Crippen LogP contribution < -0.4 is 10.0 Å². The molecule has 0 fully saturated rings. The van der Waals surface area contributed by atoms with Crippen molar-refractivity contribution in [2.75, 3.05) is 5.32 Å². The number of fused-ring (bicyclic) bond motifs is 1. The van der Waals surface area contributed by atoms with Crippen molar-refractivity contribution in [3.8, 4) is 11.1 Å². The molecule has 1 amide bonds. The Hall–Kier alpha value is -5.26. The first-order valence-electron chi connectivity index (χ1n) is 13.6. The van der Waals surface area contributed by atoms with Crippen LogP contribution in [0.3, 0.4) is 0 Å². The second-order valence-electron chi connectivity index (χ2n) is 9.90. The van der Waals surface area contributed by atoms with Gasteiger partial charge in [0.2, 0.25) is 10.0 Å². The van der Waals surface area contributed by atoms with Gasteiger partial charge in [-0.2, -0.15) is 4.72 Å². The summed E-state index contributed by atoms with van der Waals surface area (Å²) in [7, 11) is -4.20. The van der Waals surface area contributed by atoms with Crippen LogP contribution in [0, 0.1) is 0 Å². The highest BCUT2D eigenvalue weighted by Gasteiger charge is 2.26. The van der Waals surface area contributed by atoms with E-state index in [1.165, 1.54) is 12.1 Å². The van der Waals surface area contributed by atoms with E-state index < -0.39 is 28.0 Å². The van der Waals surface area contributed by atoms with Crippen molar-refractivity contribution in [2.45, 2.75) is 30.4 Å². The number of benzene rings is 4. The molecule has 0 aliphatic rings. The molecule has 3 N–H and O–H groups in total. The Bertz CT molecular complexity index is 1850. The normalized spacial score (nSPS) is 12.0. The SMILES string of the molecule is O=C(CC[C@@H](NS(=O)(=O)c1ccc(-c2ccc(NC(=O)c3cc4ccccc4o3)cc2)cc1)C(=O)O)OCc1ccccc1. The minimum atomic E-state index is -4.20. The van der Waals surface area contributed by atoms with Crippen LogP contribution in [0.5, 0.6) is 0 Å². The summed E-state index contributed by atoms with van der Waals surface area (Å²) in [5, 5.41) is 13.2. The highest BCUT2D eigenvalue weighted by Crippen LogP contribution is 2.25. The number of hydrogen-bond acceptors (Lipinski definition) is 7. The number of carboxylic acids is 1. The van der Waals surface area contributed by atoms with Gasteiger partial charge in [0.05, 0.1) is 4.90 Å². The molecular formula is C33H28N2O8S. The van der Waals surface area contributed by atoms with Crippen molar-refractivity contribution in [1.29, 1.82) is 0 Å². The number of para-hydroxylation sites is 1. The molecule has 0 saturated carbocycles. The lowest BCUT2D eigenvalue weighted by atomic mass is 10.1. The molecule has 1 heterocycles. The molecule has 10 nitrogen and oxygen atoms in total. The van der Waals surface area contributed by atoms with Crippen molar-refractivity contribution in [2.24, 2.45) is 0 Å². The first kappa shape index (κ1) is 30.2. The van der Waals surface area contributed by atoms with E-state index in [0.717, 1.165) is 16.5 Å². The molecular weight excluding hydrogens is 584 g/mol. The molecule has 0 unspecified atom stereocenters. The zero-order valence-electron chi connectivity index (χ0n) is 23.3. The lowest BCUT2D eigenvalue weighted by molar-refractivity contribution is -0.145. The van der Waals surface area contributed by atoms with Gasteiger partial charge in [-0.15, -0.1) is 0 Å². The van der Waals surface area contributed by atoms with Gasteiger partial charge in [0, 0.05) is 17.5 Å². The molecule has 0 saturated heterocycles. The number of aliphatic carboxylic acids is 1. The lowest BCUT2D eigenvalue weighted by Crippen LogP contribution is -2.41. The minimum absolute atomic E-state index is 0.0370. The van der Waals surface area contributed by atoms with Gasteiger partial charge >= 0.3 is 11.9 Å². The van der Waals surface area contributed by atoms with Crippen molar-refractivity contribution >= 4 is 44.5 Å². The van der Waals surface area contributed by atoms with Gasteiger partial charge in [0.25, 0.3) is 5.91 Å². The number of rotatable bonds is 12. The number of carbonyl (C=O) groups excluding carboxylic acids is 2. The number of anilines is 1. The van der Waals surface area contributed by atoms with E-state index in [0.29, 0.717) is 16.8 Å². The third-order valence-electron chi connectivity index (χ3n) is 6.77. The summed E-state index contributed by atoms with van der Waals surface area (Å²) in [4.78, 5) is 36.3. The van der Waals surface area contributed by atoms with E-state index in [1.807, 2.05) is 24.3 Å². The Balaban J connectivity index is 1.17.